The Labute approximate surface area is 360 Å². The predicted octanol–water partition coefficient (Wildman–Crippen LogP) is 2.84. The van der Waals surface area contributed by atoms with Crippen molar-refractivity contribution in [3.63, 3.8) is 0 Å². The fraction of sp³-hybridized carbons (Fsp3) is 0.762. The van der Waals surface area contributed by atoms with Gasteiger partial charge in [-0.3, -0.25) is 28.8 Å². The Morgan fingerprint density at radius 2 is 1.60 bits per heavy atom. The maximum Gasteiger partial charge on any atom is 0.339 e. The van der Waals surface area contributed by atoms with Gasteiger partial charge in [-0.2, -0.15) is 0 Å². The summed E-state index contributed by atoms with van der Waals surface area (Å²) < 4.78 is 19.2. The Morgan fingerprint density at radius 3 is 2.19 bits per heavy atom. The molecule has 0 aromatic carbocycles. The maximum atomic E-state index is 12.3. The standard InChI is InChI=1S/C30H49N3O4.C6H8O7.C6H8O6/c1-28(35)13-14-29(2)19(17-28)7-8-21-22-9-10-24(30(22,3)12-11-23(21)29)26-16-20(37-33-26)18-36-27(34)25(32)6-4-5-15-31;7-3-13-2-6(12,5(10)11)1-4(8)9;7-3-12-2-4(6(10)11)1-5(8)9/h16,19,21-25,35H,4-15,17-18,31-32H2,1-3H3;3,12H,1-2H2,(H,8,9)(H,10,11);3-4H,1-2H2,(H,8,9)(H,10,11)/t19?,21-,22-,23?,24+,25-,28+,29-,30-;;/m0../s1. The van der Waals surface area contributed by atoms with Crippen LogP contribution in [-0.4, -0.2) is 116 Å². The highest BCUT2D eigenvalue weighted by Gasteiger charge is 2.61. The number of rotatable bonds is 20. The number of aliphatic hydroxyl groups is 2. The third-order valence-electron chi connectivity index (χ3n) is 13.9. The van der Waals surface area contributed by atoms with Crippen molar-refractivity contribution in [1.29, 1.82) is 0 Å². The molecule has 1 aromatic heterocycles. The van der Waals surface area contributed by atoms with E-state index in [1.165, 1.54) is 38.5 Å². The third-order valence-corrected chi connectivity index (χ3v) is 13.9. The van der Waals surface area contributed by atoms with Gasteiger partial charge in [0, 0.05) is 12.0 Å². The number of hydrogen-bond acceptors (Lipinski definition) is 16. The van der Waals surface area contributed by atoms with Gasteiger partial charge < -0.3 is 60.8 Å². The number of carboxylic acids is 4. The van der Waals surface area contributed by atoms with Crippen LogP contribution in [0.4, 0.5) is 0 Å². The molecule has 20 heteroatoms. The summed E-state index contributed by atoms with van der Waals surface area (Å²) in [6.45, 7) is 6.49. The van der Waals surface area contributed by atoms with Gasteiger partial charge in [0.05, 0.1) is 24.1 Å². The Balaban J connectivity index is 0.000000337. The van der Waals surface area contributed by atoms with E-state index < -0.39 is 79.1 Å². The zero-order chi connectivity index (χ0) is 46.5. The largest absolute Gasteiger partial charge is 0.481 e. The van der Waals surface area contributed by atoms with Crippen molar-refractivity contribution in [2.75, 3.05) is 19.8 Å². The van der Waals surface area contributed by atoms with E-state index in [1.807, 2.05) is 13.0 Å². The zero-order valence-electron chi connectivity index (χ0n) is 35.8. The highest BCUT2D eigenvalue weighted by Crippen LogP contribution is 2.69. The predicted molar refractivity (Wildman–Crippen MR) is 215 cm³/mol. The molecule has 0 spiro atoms. The zero-order valence-corrected chi connectivity index (χ0v) is 35.8. The molecule has 4 fully saturated rings. The number of nitrogens with two attached hydrogens (primary N) is 2. The molecule has 1 heterocycles. The quantitative estimate of drug-likeness (QED) is 0.0404. The Bertz CT molecular complexity index is 1700. The number of nitrogens with zero attached hydrogens (tertiary/aromatic N) is 1. The van der Waals surface area contributed by atoms with E-state index in [0.717, 1.165) is 55.6 Å². The van der Waals surface area contributed by atoms with E-state index in [-0.39, 0.29) is 25.0 Å². The lowest BCUT2D eigenvalue weighted by atomic mass is 9.44. The minimum Gasteiger partial charge on any atom is -0.481 e. The summed E-state index contributed by atoms with van der Waals surface area (Å²) >= 11 is 0. The summed E-state index contributed by atoms with van der Waals surface area (Å²) in [5.41, 5.74) is 10.1. The third kappa shape index (κ3) is 13.4. The second-order valence-corrected chi connectivity index (χ2v) is 18.1. The second-order valence-electron chi connectivity index (χ2n) is 18.1. The molecule has 4 aliphatic rings. The van der Waals surface area contributed by atoms with Crippen LogP contribution in [0.5, 0.6) is 0 Å². The summed E-state index contributed by atoms with van der Waals surface area (Å²) in [4.78, 5) is 72.4. The molecule has 5 rings (SSSR count). The topological polar surface area (TPSA) is 347 Å². The average molecular weight is 884 g/mol. The highest BCUT2D eigenvalue weighted by atomic mass is 16.6. The Hall–Kier alpha value is -4.66. The SMILES string of the molecule is C[C@@]1(O)CC[C@@]2(C)C(CC[C@@H]3C2CC[C@]2(C)[C@@H](c4cc(COC(=O)[C@@H](N)CCCCN)on4)CC[C@@H]32)C1.O=COCC(CC(=O)O)C(=O)O.O=COCC(O)(CC(=O)O)C(=O)O. The number of carbonyl (C=O) groups is 7. The molecule has 20 nitrogen and oxygen atoms in total. The molecule has 0 bridgehead atoms. The molecule has 0 radical (unpaired) electrons. The van der Waals surface area contributed by atoms with Gasteiger partial charge in [0.2, 0.25) is 5.60 Å². The molecule has 4 saturated carbocycles. The normalized spacial score (nSPS) is 30.3. The number of aliphatic carboxylic acids is 4. The average Bonchev–Trinajstić information content (AvgIpc) is 3.81. The molecule has 4 aliphatic carbocycles. The second kappa shape index (κ2) is 22.6. The molecule has 350 valence electrons. The first-order valence-electron chi connectivity index (χ1n) is 21.1. The van der Waals surface area contributed by atoms with Crippen LogP contribution in [0.3, 0.4) is 0 Å². The van der Waals surface area contributed by atoms with Crippen molar-refractivity contribution >= 4 is 42.8 Å². The number of carboxylic acid groups (broad SMARTS) is 4. The first kappa shape index (κ1) is 51.7. The summed E-state index contributed by atoms with van der Waals surface area (Å²) in [5, 5.41) is 57.6. The first-order chi connectivity index (χ1) is 29.1. The van der Waals surface area contributed by atoms with Crippen molar-refractivity contribution < 1.29 is 82.9 Å². The highest BCUT2D eigenvalue weighted by molar-refractivity contribution is 5.84. The summed E-state index contributed by atoms with van der Waals surface area (Å²) in [6.07, 6.45) is 11.3. The molecule has 10 N–H and O–H groups in total. The summed E-state index contributed by atoms with van der Waals surface area (Å²) in [6, 6.07) is 1.39. The number of ether oxygens (including phenoxy) is 3. The van der Waals surface area contributed by atoms with Gasteiger partial charge in [-0.1, -0.05) is 25.4 Å². The van der Waals surface area contributed by atoms with Crippen LogP contribution in [0.15, 0.2) is 10.6 Å². The monoisotopic (exact) mass is 883 g/mol. The van der Waals surface area contributed by atoms with E-state index in [0.29, 0.717) is 36.0 Å². The van der Waals surface area contributed by atoms with Crippen molar-refractivity contribution in [3.8, 4) is 0 Å². The molecular formula is C42H65N3O17. The van der Waals surface area contributed by atoms with Gasteiger partial charge in [-0.25, -0.2) is 4.79 Å². The Kier molecular flexibility index (Phi) is 18.9. The van der Waals surface area contributed by atoms with E-state index in [2.05, 4.69) is 28.5 Å². The van der Waals surface area contributed by atoms with Crippen molar-refractivity contribution in [2.45, 2.75) is 140 Å². The van der Waals surface area contributed by atoms with Crippen molar-refractivity contribution in [3.05, 3.63) is 17.5 Å². The Morgan fingerprint density at radius 1 is 0.919 bits per heavy atom. The van der Waals surface area contributed by atoms with Gasteiger partial charge in [0.1, 0.15) is 25.2 Å². The van der Waals surface area contributed by atoms with Crippen LogP contribution >= 0.6 is 0 Å². The van der Waals surface area contributed by atoms with Gasteiger partial charge in [0.25, 0.3) is 12.9 Å². The van der Waals surface area contributed by atoms with Crippen LogP contribution in [-0.2, 0) is 54.4 Å². The van der Waals surface area contributed by atoms with Gasteiger partial charge >= 0.3 is 29.8 Å². The number of esters is 1. The minimum atomic E-state index is -2.56. The van der Waals surface area contributed by atoms with E-state index >= 15 is 0 Å². The van der Waals surface area contributed by atoms with E-state index in [9.17, 15) is 38.7 Å². The molecule has 1 aromatic rings. The molecule has 0 amide bonds. The molecule has 62 heavy (non-hydrogen) atoms. The minimum absolute atomic E-state index is 0.0737. The number of fused-ring (bicyclic) bond motifs is 5. The lowest BCUT2D eigenvalue weighted by Crippen LogP contribution is -2.55. The molecular weight excluding hydrogens is 818 g/mol. The lowest BCUT2D eigenvalue weighted by molar-refractivity contribution is -0.172. The van der Waals surface area contributed by atoms with Crippen LogP contribution in [0.2, 0.25) is 0 Å². The fourth-order valence-corrected chi connectivity index (χ4v) is 10.5. The van der Waals surface area contributed by atoms with Gasteiger partial charge in [-0.15, -0.1) is 0 Å². The number of hydrogen-bond donors (Lipinski definition) is 8. The fourth-order valence-electron chi connectivity index (χ4n) is 10.5. The first-order valence-corrected chi connectivity index (χ1v) is 21.1. The maximum absolute atomic E-state index is 12.3. The van der Waals surface area contributed by atoms with E-state index in [4.69, 9.17) is 46.3 Å². The van der Waals surface area contributed by atoms with E-state index in [1.54, 1.807) is 0 Å². The molecule has 0 saturated heterocycles. The van der Waals surface area contributed by atoms with Crippen molar-refractivity contribution in [1.82, 2.24) is 5.16 Å². The molecule has 11 atom stereocenters. The van der Waals surface area contributed by atoms with Gasteiger partial charge in [-0.05, 0) is 119 Å². The lowest BCUT2D eigenvalue weighted by Gasteiger charge is -2.61. The van der Waals surface area contributed by atoms with Crippen LogP contribution in [0.25, 0.3) is 0 Å². The smallest absolute Gasteiger partial charge is 0.339 e. The summed E-state index contributed by atoms with van der Waals surface area (Å²) in [7, 11) is 0. The van der Waals surface area contributed by atoms with Crippen LogP contribution < -0.4 is 11.5 Å². The summed E-state index contributed by atoms with van der Waals surface area (Å²) in [5.74, 6) is -3.42. The van der Waals surface area contributed by atoms with Crippen LogP contribution in [0, 0.1) is 40.4 Å². The number of carbonyl (C=O) groups excluding carboxylic acids is 3. The number of aromatic nitrogens is 1. The molecule has 4 unspecified atom stereocenters. The van der Waals surface area contributed by atoms with Gasteiger partial charge in [0.15, 0.2) is 12.4 Å². The van der Waals surface area contributed by atoms with Crippen LogP contribution in [0.1, 0.15) is 128 Å². The molecule has 0 aliphatic heterocycles. The number of unbranched alkanes of at least 4 members (excludes halogenated alkanes) is 1. The van der Waals surface area contributed by atoms with Crippen molar-refractivity contribution in [2.24, 2.45) is 51.9 Å².